The van der Waals surface area contributed by atoms with Crippen LogP contribution in [0.4, 0.5) is 5.69 Å². The van der Waals surface area contributed by atoms with Crippen molar-refractivity contribution in [2.24, 2.45) is 4.99 Å². The quantitative estimate of drug-likeness (QED) is 0.531. The van der Waals surface area contributed by atoms with Crippen LogP contribution >= 0.6 is 0 Å². The molecule has 11 heteroatoms. The van der Waals surface area contributed by atoms with E-state index in [9.17, 15) is 18.0 Å². The molecule has 1 aliphatic rings. The van der Waals surface area contributed by atoms with Gasteiger partial charge in [0, 0.05) is 17.3 Å². The normalized spacial score (nSPS) is 15.8. The number of hydrogen-bond donors (Lipinski definition) is 2. The van der Waals surface area contributed by atoms with E-state index in [-0.39, 0.29) is 10.7 Å². The van der Waals surface area contributed by atoms with E-state index in [1.54, 1.807) is 36.4 Å². The second-order valence-electron chi connectivity index (χ2n) is 6.94. The zero-order valence-corrected chi connectivity index (χ0v) is 19.3. The van der Waals surface area contributed by atoms with Crippen LogP contribution in [0.2, 0.25) is 0 Å². The Labute approximate surface area is 192 Å². The maximum Gasteiger partial charge on any atom is 0.331 e. The predicted octanol–water partition coefficient (Wildman–Crippen LogP) is 2.09. The number of fused-ring (bicyclic) bond motifs is 1. The Hall–Kier alpha value is -3.60. The average Bonchev–Trinajstić information content (AvgIpc) is 3.04. The van der Waals surface area contributed by atoms with Crippen LogP contribution in [0.1, 0.15) is 26.3 Å². The van der Waals surface area contributed by atoms with Gasteiger partial charge >= 0.3 is 5.97 Å². The number of anilines is 1. The van der Waals surface area contributed by atoms with Gasteiger partial charge in [0.05, 0.1) is 18.1 Å². The summed E-state index contributed by atoms with van der Waals surface area (Å²) in [6.07, 6.45) is 0. The van der Waals surface area contributed by atoms with Crippen LogP contribution in [0, 0.1) is 0 Å². The molecule has 0 aliphatic carbocycles. The fraction of sp³-hybridized carbons (Fsp3) is 0.318. The van der Waals surface area contributed by atoms with Crippen molar-refractivity contribution in [2.45, 2.75) is 31.7 Å². The van der Waals surface area contributed by atoms with Gasteiger partial charge in [-0.3, -0.25) is 14.5 Å². The summed E-state index contributed by atoms with van der Waals surface area (Å²) in [5.41, 5.74) is 0.823. The number of hydrogen-bond acceptors (Lipinski definition) is 8. The minimum absolute atomic E-state index is 0.0531. The van der Waals surface area contributed by atoms with Crippen LogP contribution in [0.15, 0.2) is 52.4 Å². The molecule has 0 aromatic heterocycles. The fourth-order valence-electron chi connectivity index (χ4n) is 3.06. The van der Waals surface area contributed by atoms with Crippen LogP contribution in [-0.4, -0.2) is 52.0 Å². The molecule has 0 saturated heterocycles. The zero-order chi connectivity index (χ0) is 24.0. The molecule has 1 heterocycles. The van der Waals surface area contributed by atoms with E-state index >= 15 is 0 Å². The van der Waals surface area contributed by atoms with Gasteiger partial charge in [0.15, 0.2) is 18.1 Å². The highest BCUT2D eigenvalue weighted by atomic mass is 32.2. The first-order chi connectivity index (χ1) is 15.7. The summed E-state index contributed by atoms with van der Waals surface area (Å²) in [7, 11) is -3.72. The van der Waals surface area contributed by atoms with Gasteiger partial charge in [-0.05, 0) is 45.0 Å². The molecular formula is C22H25N3O7S. The third-order valence-corrected chi connectivity index (χ3v) is 5.90. The molecule has 0 spiro atoms. The first kappa shape index (κ1) is 24.1. The molecule has 33 heavy (non-hydrogen) atoms. The topological polar surface area (TPSA) is 132 Å². The van der Waals surface area contributed by atoms with Crippen LogP contribution in [0.5, 0.6) is 11.5 Å². The maximum absolute atomic E-state index is 12.3. The minimum Gasteiger partial charge on any atom is -0.490 e. The average molecular weight is 476 g/mol. The Morgan fingerprint density at radius 2 is 1.76 bits per heavy atom. The summed E-state index contributed by atoms with van der Waals surface area (Å²) >= 11 is 0. The Bertz CT molecular complexity index is 1180. The number of esters is 1. The molecule has 0 radical (unpaired) electrons. The maximum atomic E-state index is 12.3. The molecule has 3 rings (SSSR count). The number of aliphatic imine (C=N–C) groups is 1. The molecule has 2 aromatic rings. The smallest absolute Gasteiger partial charge is 0.331 e. The first-order valence-corrected chi connectivity index (χ1v) is 11.8. The highest BCUT2D eigenvalue weighted by molar-refractivity contribution is 7.90. The SMILES string of the molecule is CCOc1ccc(NC(=O)COC(=O)C(C)N=C2NS(=O)(=O)c3ccccc32)cc1OCC. The van der Waals surface area contributed by atoms with Gasteiger partial charge in [-0.1, -0.05) is 12.1 Å². The van der Waals surface area contributed by atoms with Crippen molar-refractivity contribution in [1.29, 1.82) is 0 Å². The number of nitrogens with zero attached hydrogens (tertiary/aromatic N) is 1. The third kappa shape index (κ3) is 5.80. The Kier molecular flexibility index (Phi) is 7.54. The van der Waals surface area contributed by atoms with Crippen LogP contribution in [0.25, 0.3) is 0 Å². The lowest BCUT2D eigenvalue weighted by molar-refractivity contribution is -0.148. The van der Waals surface area contributed by atoms with E-state index in [0.717, 1.165) is 0 Å². The van der Waals surface area contributed by atoms with Crippen molar-refractivity contribution in [3.05, 3.63) is 48.0 Å². The van der Waals surface area contributed by atoms with Gasteiger partial charge in [-0.25, -0.2) is 13.2 Å². The predicted molar refractivity (Wildman–Crippen MR) is 121 cm³/mol. The van der Waals surface area contributed by atoms with Gasteiger partial charge < -0.3 is 19.5 Å². The molecule has 0 fully saturated rings. The van der Waals surface area contributed by atoms with Crippen molar-refractivity contribution in [2.75, 3.05) is 25.1 Å². The lowest BCUT2D eigenvalue weighted by Crippen LogP contribution is -2.28. The van der Waals surface area contributed by atoms with Crippen LogP contribution < -0.4 is 19.5 Å². The fourth-order valence-corrected chi connectivity index (χ4v) is 4.30. The zero-order valence-electron chi connectivity index (χ0n) is 18.5. The lowest BCUT2D eigenvalue weighted by Gasteiger charge is -2.13. The van der Waals surface area contributed by atoms with E-state index < -0.39 is 34.5 Å². The van der Waals surface area contributed by atoms with E-state index in [0.29, 0.717) is 36.0 Å². The summed E-state index contributed by atoms with van der Waals surface area (Å²) in [4.78, 5) is 28.7. The summed E-state index contributed by atoms with van der Waals surface area (Å²) in [6, 6.07) is 10.2. The summed E-state index contributed by atoms with van der Waals surface area (Å²) < 4.78 is 42.7. The number of carbonyl (C=O) groups excluding carboxylic acids is 2. The van der Waals surface area contributed by atoms with Crippen molar-refractivity contribution >= 4 is 33.4 Å². The van der Waals surface area contributed by atoms with Crippen molar-refractivity contribution in [1.82, 2.24) is 4.72 Å². The van der Waals surface area contributed by atoms with Crippen molar-refractivity contribution in [3.8, 4) is 11.5 Å². The van der Waals surface area contributed by atoms with Gasteiger partial charge in [0.2, 0.25) is 0 Å². The van der Waals surface area contributed by atoms with E-state index in [1.165, 1.54) is 13.0 Å². The third-order valence-electron chi connectivity index (χ3n) is 4.50. The molecule has 176 valence electrons. The number of ether oxygens (including phenoxy) is 3. The summed E-state index contributed by atoms with van der Waals surface area (Å²) in [6.45, 7) is 5.50. The van der Waals surface area contributed by atoms with Gasteiger partial charge in [0.25, 0.3) is 15.9 Å². The summed E-state index contributed by atoms with van der Waals surface area (Å²) in [5.74, 6) is -0.235. The number of carbonyl (C=O) groups is 2. The molecule has 2 aromatic carbocycles. The first-order valence-electron chi connectivity index (χ1n) is 10.3. The highest BCUT2D eigenvalue weighted by Crippen LogP contribution is 2.30. The molecule has 1 unspecified atom stereocenters. The van der Waals surface area contributed by atoms with Crippen molar-refractivity contribution < 1.29 is 32.2 Å². The Morgan fingerprint density at radius 3 is 2.48 bits per heavy atom. The number of benzene rings is 2. The Morgan fingerprint density at radius 1 is 1.06 bits per heavy atom. The van der Waals surface area contributed by atoms with E-state index in [4.69, 9.17) is 14.2 Å². The molecule has 1 amide bonds. The number of sulfonamides is 1. The minimum atomic E-state index is -3.72. The van der Waals surface area contributed by atoms with E-state index in [2.05, 4.69) is 15.0 Å². The van der Waals surface area contributed by atoms with Gasteiger partial charge in [-0.15, -0.1) is 0 Å². The highest BCUT2D eigenvalue weighted by Gasteiger charge is 2.31. The monoisotopic (exact) mass is 475 g/mol. The largest absolute Gasteiger partial charge is 0.490 e. The van der Waals surface area contributed by atoms with E-state index in [1.807, 2.05) is 13.8 Å². The molecule has 0 saturated carbocycles. The number of nitrogens with one attached hydrogen (secondary N) is 2. The van der Waals surface area contributed by atoms with Gasteiger partial charge in [-0.2, -0.15) is 0 Å². The number of amidine groups is 1. The lowest BCUT2D eigenvalue weighted by atomic mass is 10.2. The van der Waals surface area contributed by atoms with Crippen LogP contribution in [-0.2, 0) is 24.3 Å². The van der Waals surface area contributed by atoms with Gasteiger partial charge in [0.1, 0.15) is 11.9 Å². The van der Waals surface area contributed by atoms with Crippen LogP contribution in [0.3, 0.4) is 0 Å². The second kappa shape index (κ2) is 10.3. The molecule has 1 aliphatic heterocycles. The molecule has 2 N–H and O–H groups in total. The standard InChI is InChI=1S/C22H25N3O7S/c1-4-30-17-11-10-15(12-18(17)31-5-2)24-20(26)13-32-22(27)14(3)23-21-16-8-6-7-9-19(16)33(28,29)25-21/h6-12,14H,4-5,13H2,1-3H3,(H,23,25)(H,24,26). The Balaban J connectivity index is 1.59. The molecule has 0 bridgehead atoms. The molecule has 10 nitrogen and oxygen atoms in total. The number of rotatable bonds is 9. The molecular weight excluding hydrogens is 450 g/mol. The van der Waals surface area contributed by atoms with Crippen molar-refractivity contribution in [3.63, 3.8) is 0 Å². The number of amides is 1. The summed E-state index contributed by atoms with van der Waals surface area (Å²) in [5, 5.41) is 2.62. The second-order valence-corrected chi connectivity index (χ2v) is 8.59. The molecule has 1 atom stereocenters.